The Morgan fingerprint density at radius 1 is 1.38 bits per heavy atom. The lowest BCUT2D eigenvalue weighted by molar-refractivity contribution is 0.0600. The van der Waals surface area contributed by atoms with Crippen LogP contribution in [0.25, 0.3) is 10.2 Å². The van der Waals surface area contributed by atoms with E-state index >= 15 is 0 Å². The molecule has 0 fully saturated rings. The second kappa shape index (κ2) is 7.37. The van der Waals surface area contributed by atoms with Gasteiger partial charge in [0.1, 0.15) is 16.2 Å². The highest BCUT2D eigenvalue weighted by Crippen LogP contribution is 2.41. The third-order valence-electron chi connectivity index (χ3n) is 4.78. The first-order valence-corrected chi connectivity index (χ1v) is 10.5. The number of esters is 1. The number of fused-ring (bicyclic) bond motifs is 3. The predicted octanol–water partition coefficient (Wildman–Crippen LogP) is 4.90. The fourth-order valence-corrected chi connectivity index (χ4v) is 5.80. The molecule has 134 valence electrons. The Kier molecular flexibility index (Phi) is 4.96. The van der Waals surface area contributed by atoms with Crippen molar-refractivity contribution in [3.63, 3.8) is 0 Å². The zero-order chi connectivity index (χ0) is 18.1. The standard InChI is InChI=1S/C20H20N2O2S2/c1-12-6-7-15-16(8-12)26-19-17(15)18(21-11-22-19)25-10-13-4-3-5-14(9-13)20(23)24-2/h3-5,9,11-12H,6-8,10H2,1-2H3/t12-/m1/s1. The van der Waals surface area contributed by atoms with Crippen molar-refractivity contribution in [1.29, 1.82) is 0 Å². The van der Waals surface area contributed by atoms with Crippen LogP contribution in [0.2, 0.25) is 0 Å². The van der Waals surface area contributed by atoms with Crippen LogP contribution >= 0.6 is 23.1 Å². The van der Waals surface area contributed by atoms with Crippen molar-refractivity contribution in [2.45, 2.75) is 37.0 Å². The lowest BCUT2D eigenvalue weighted by Gasteiger charge is -2.18. The van der Waals surface area contributed by atoms with E-state index in [0.29, 0.717) is 5.56 Å². The Hall–Kier alpha value is -1.92. The molecule has 1 atom stereocenters. The van der Waals surface area contributed by atoms with Crippen LogP contribution in [0.15, 0.2) is 35.6 Å². The summed E-state index contributed by atoms with van der Waals surface area (Å²) in [5.41, 5.74) is 3.12. The van der Waals surface area contributed by atoms with E-state index in [1.807, 2.05) is 29.5 Å². The second-order valence-electron chi connectivity index (χ2n) is 6.69. The first kappa shape index (κ1) is 17.5. The summed E-state index contributed by atoms with van der Waals surface area (Å²) in [6.07, 6.45) is 5.18. The summed E-state index contributed by atoms with van der Waals surface area (Å²) in [6.45, 7) is 2.32. The van der Waals surface area contributed by atoms with E-state index in [4.69, 9.17) is 4.74 Å². The molecule has 0 unspecified atom stereocenters. The van der Waals surface area contributed by atoms with Gasteiger partial charge in [-0.3, -0.25) is 0 Å². The summed E-state index contributed by atoms with van der Waals surface area (Å²) < 4.78 is 4.81. The molecule has 1 aliphatic rings. The number of hydrogen-bond donors (Lipinski definition) is 0. The van der Waals surface area contributed by atoms with Gasteiger partial charge in [-0.2, -0.15) is 0 Å². The number of methoxy groups -OCH3 is 1. The molecule has 1 aliphatic carbocycles. The third kappa shape index (κ3) is 3.35. The van der Waals surface area contributed by atoms with Crippen LogP contribution < -0.4 is 0 Å². The number of rotatable bonds is 4. The predicted molar refractivity (Wildman–Crippen MR) is 106 cm³/mol. The molecular formula is C20H20N2O2S2. The fraction of sp³-hybridized carbons (Fsp3) is 0.350. The summed E-state index contributed by atoms with van der Waals surface area (Å²) in [6, 6.07) is 7.59. The molecule has 0 aliphatic heterocycles. The highest BCUT2D eigenvalue weighted by molar-refractivity contribution is 7.98. The first-order valence-electron chi connectivity index (χ1n) is 8.71. The van der Waals surface area contributed by atoms with Gasteiger partial charge in [0.25, 0.3) is 0 Å². The van der Waals surface area contributed by atoms with Crippen molar-refractivity contribution < 1.29 is 9.53 Å². The van der Waals surface area contributed by atoms with Gasteiger partial charge >= 0.3 is 5.97 Å². The minimum atomic E-state index is -0.303. The Labute approximate surface area is 161 Å². The largest absolute Gasteiger partial charge is 0.465 e. The number of thiophene rings is 1. The van der Waals surface area contributed by atoms with Gasteiger partial charge in [-0.05, 0) is 48.4 Å². The fourth-order valence-electron chi connectivity index (χ4n) is 3.41. The van der Waals surface area contributed by atoms with Gasteiger partial charge in [0, 0.05) is 16.0 Å². The first-order chi connectivity index (χ1) is 12.7. The smallest absolute Gasteiger partial charge is 0.337 e. The molecular weight excluding hydrogens is 364 g/mol. The monoisotopic (exact) mass is 384 g/mol. The highest BCUT2D eigenvalue weighted by Gasteiger charge is 2.23. The van der Waals surface area contributed by atoms with Crippen molar-refractivity contribution in [3.05, 3.63) is 52.2 Å². The number of benzene rings is 1. The summed E-state index contributed by atoms with van der Waals surface area (Å²) in [7, 11) is 1.40. The number of aryl methyl sites for hydroxylation is 1. The van der Waals surface area contributed by atoms with Crippen molar-refractivity contribution >= 4 is 39.3 Å². The van der Waals surface area contributed by atoms with Gasteiger partial charge in [0.2, 0.25) is 0 Å². The maximum atomic E-state index is 11.7. The van der Waals surface area contributed by atoms with Gasteiger partial charge < -0.3 is 4.74 Å². The Morgan fingerprint density at radius 2 is 2.27 bits per heavy atom. The summed E-state index contributed by atoms with van der Waals surface area (Å²) >= 11 is 3.54. The normalized spacial score (nSPS) is 16.5. The molecule has 6 heteroatoms. The lowest BCUT2D eigenvalue weighted by Crippen LogP contribution is -2.08. The Morgan fingerprint density at radius 3 is 3.12 bits per heavy atom. The zero-order valence-electron chi connectivity index (χ0n) is 14.8. The SMILES string of the molecule is COC(=O)c1cccc(CSc2ncnc3sc4c(c23)CC[C@@H](C)C4)c1. The van der Waals surface area contributed by atoms with Crippen LogP contribution in [0.1, 0.15) is 39.7 Å². The molecule has 4 rings (SSSR count). The molecule has 0 bridgehead atoms. The summed E-state index contributed by atoms with van der Waals surface area (Å²) in [5.74, 6) is 1.21. The topological polar surface area (TPSA) is 52.1 Å². The van der Waals surface area contributed by atoms with Crippen LogP contribution in [0.5, 0.6) is 0 Å². The van der Waals surface area contributed by atoms with Gasteiger partial charge in [0.05, 0.1) is 12.7 Å². The van der Waals surface area contributed by atoms with Crippen molar-refractivity contribution in [2.75, 3.05) is 7.11 Å². The second-order valence-corrected chi connectivity index (χ2v) is 8.74. The van der Waals surface area contributed by atoms with Crippen molar-refractivity contribution in [2.24, 2.45) is 5.92 Å². The van der Waals surface area contributed by atoms with Crippen molar-refractivity contribution in [3.8, 4) is 0 Å². The molecule has 3 aromatic rings. The number of hydrogen-bond acceptors (Lipinski definition) is 6. The number of thioether (sulfide) groups is 1. The third-order valence-corrected chi connectivity index (χ3v) is 7.00. The summed E-state index contributed by atoms with van der Waals surface area (Å²) in [5, 5.41) is 2.29. The van der Waals surface area contributed by atoms with Crippen LogP contribution in [-0.4, -0.2) is 23.0 Å². The molecule has 1 aromatic carbocycles. The molecule has 0 N–H and O–H groups in total. The van der Waals surface area contributed by atoms with E-state index in [1.54, 1.807) is 24.2 Å². The van der Waals surface area contributed by atoms with E-state index < -0.39 is 0 Å². The molecule has 2 heterocycles. The number of nitrogens with zero attached hydrogens (tertiary/aromatic N) is 2. The molecule has 2 aromatic heterocycles. The van der Waals surface area contributed by atoms with E-state index in [9.17, 15) is 4.79 Å². The molecule has 26 heavy (non-hydrogen) atoms. The van der Waals surface area contributed by atoms with Crippen LogP contribution in [0, 0.1) is 5.92 Å². The average Bonchev–Trinajstić information content (AvgIpc) is 3.03. The molecule has 0 saturated carbocycles. The van der Waals surface area contributed by atoms with E-state index in [2.05, 4.69) is 16.9 Å². The van der Waals surface area contributed by atoms with Gasteiger partial charge in [-0.25, -0.2) is 14.8 Å². The van der Waals surface area contributed by atoms with Crippen LogP contribution in [-0.2, 0) is 23.3 Å². The average molecular weight is 385 g/mol. The molecule has 0 amide bonds. The molecule has 0 radical (unpaired) electrons. The van der Waals surface area contributed by atoms with E-state index in [0.717, 1.165) is 39.9 Å². The quantitative estimate of drug-likeness (QED) is 0.364. The number of carbonyl (C=O) groups is 1. The lowest BCUT2D eigenvalue weighted by atomic mass is 9.89. The van der Waals surface area contributed by atoms with E-state index in [-0.39, 0.29) is 5.97 Å². The van der Waals surface area contributed by atoms with Crippen LogP contribution in [0.4, 0.5) is 0 Å². The minimum Gasteiger partial charge on any atom is -0.465 e. The molecule has 0 saturated heterocycles. The highest BCUT2D eigenvalue weighted by atomic mass is 32.2. The Bertz CT molecular complexity index is 968. The van der Waals surface area contributed by atoms with Crippen molar-refractivity contribution in [1.82, 2.24) is 9.97 Å². The van der Waals surface area contributed by atoms with Gasteiger partial charge in [0.15, 0.2) is 0 Å². The van der Waals surface area contributed by atoms with Crippen LogP contribution in [0.3, 0.4) is 0 Å². The summed E-state index contributed by atoms with van der Waals surface area (Å²) in [4.78, 5) is 23.4. The van der Waals surface area contributed by atoms with E-state index in [1.165, 1.54) is 29.4 Å². The van der Waals surface area contributed by atoms with Gasteiger partial charge in [-0.15, -0.1) is 23.1 Å². The molecule has 4 nitrogen and oxygen atoms in total. The minimum absolute atomic E-state index is 0.303. The van der Waals surface area contributed by atoms with Gasteiger partial charge in [-0.1, -0.05) is 19.1 Å². The number of ether oxygens (including phenoxy) is 1. The Balaban J connectivity index is 1.61. The maximum Gasteiger partial charge on any atom is 0.337 e. The molecule has 0 spiro atoms. The number of carbonyl (C=O) groups excluding carboxylic acids is 1. The maximum absolute atomic E-state index is 11.7. The zero-order valence-corrected chi connectivity index (χ0v) is 16.5. The number of aromatic nitrogens is 2.